The van der Waals surface area contributed by atoms with Gasteiger partial charge in [0.1, 0.15) is 40.2 Å². The number of carbonyl (C=O) groups excluding carboxylic acids is 3. The van der Waals surface area contributed by atoms with Crippen molar-refractivity contribution in [2.45, 2.75) is 70.0 Å². The molecule has 2 aliphatic rings. The summed E-state index contributed by atoms with van der Waals surface area (Å²) >= 11 is -1.86. The van der Waals surface area contributed by atoms with Crippen LogP contribution >= 0.6 is 0 Å². The highest BCUT2D eigenvalue weighted by Crippen LogP contribution is 2.34. The number of benzene rings is 1. The summed E-state index contributed by atoms with van der Waals surface area (Å²) in [6.45, 7) is 7.48. The van der Waals surface area contributed by atoms with E-state index in [-0.39, 0.29) is 11.3 Å². The van der Waals surface area contributed by atoms with Crippen molar-refractivity contribution in [2.75, 3.05) is 13.2 Å². The van der Waals surface area contributed by atoms with Gasteiger partial charge in [-0.2, -0.15) is 0 Å². The predicted octanol–water partition coefficient (Wildman–Crippen LogP) is 4.02. The summed E-state index contributed by atoms with van der Waals surface area (Å²) in [6.07, 6.45) is -0.468. The number of pyridine rings is 1. The number of alkyl halides is 1. The van der Waals surface area contributed by atoms with Gasteiger partial charge in [-0.1, -0.05) is 0 Å². The van der Waals surface area contributed by atoms with Crippen molar-refractivity contribution in [3.05, 3.63) is 53.6 Å². The molecule has 1 aromatic heterocycles. The van der Waals surface area contributed by atoms with E-state index in [1.165, 1.54) is 18.3 Å². The molecule has 222 valence electrons. The summed E-state index contributed by atoms with van der Waals surface area (Å²) in [5.41, 5.74) is 0.568. The molecular formula is C28H34F2N4O6S. The van der Waals surface area contributed by atoms with Crippen LogP contribution in [0, 0.1) is 18.7 Å². The average Bonchev–Trinajstić information content (AvgIpc) is 2.92. The fourth-order valence-electron chi connectivity index (χ4n) is 4.59. The molecule has 0 spiro atoms. The van der Waals surface area contributed by atoms with Gasteiger partial charge in [0.2, 0.25) is 11.8 Å². The van der Waals surface area contributed by atoms with Crippen LogP contribution in [-0.4, -0.2) is 62.5 Å². The van der Waals surface area contributed by atoms with E-state index < -0.39 is 70.4 Å². The van der Waals surface area contributed by atoms with Gasteiger partial charge >= 0.3 is 6.03 Å². The molecule has 1 aromatic carbocycles. The molecule has 2 aliphatic heterocycles. The van der Waals surface area contributed by atoms with Gasteiger partial charge in [0.05, 0.1) is 6.20 Å². The highest BCUT2D eigenvalue weighted by atomic mass is 32.2. The Hall–Kier alpha value is -3.13. The Kier molecular flexibility index (Phi) is 9.62. The largest absolute Gasteiger partial charge is 0.598 e. The third-order valence-electron chi connectivity index (χ3n) is 6.89. The third kappa shape index (κ3) is 7.39. The van der Waals surface area contributed by atoms with Gasteiger partial charge in [0, 0.05) is 48.3 Å². The van der Waals surface area contributed by atoms with Crippen molar-refractivity contribution < 1.29 is 37.2 Å². The number of barbiturate groups is 1. The lowest BCUT2D eigenvalue weighted by Gasteiger charge is -2.38. The minimum atomic E-state index is -2.06. The van der Waals surface area contributed by atoms with Crippen LogP contribution in [0.25, 0.3) is 0 Å². The molecular weight excluding hydrogens is 558 g/mol. The molecule has 4 atom stereocenters. The van der Waals surface area contributed by atoms with Gasteiger partial charge in [-0.05, 0) is 70.9 Å². The third-order valence-corrected chi connectivity index (χ3v) is 8.47. The number of aromatic nitrogens is 1. The van der Waals surface area contributed by atoms with Gasteiger partial charge in [-0.15, -0.1) is 4.72 Å². The van der Waals surface area contributed by atoms with Gasteiger partial charge in [0.25, 0.3) is 0 Å². The fourth-order valence-corrected chi connectivity index (χ4v) is 5.45. The Labute approximate surface area is 240 Å². The normalized spacial score (nSPS) is 20.9. The lowest BCUT2D eigenvalue weighted by Crippen LogP contribution is -2.62. The first kappa shape index (κ1) is 30.8. The number of aryl methyl sites for hydroxylation is 1. The van der Waals surface area contributed by atoms with Gasteiger partial charge < -0.3 is 14.0 Å². The first-order chi connectivity index (χ1) is 19.3. The number of ether oxygens (including phenoxy) is 2. The summed E-state index contributed by atoms with van der Waals surface area (Å²) in [5.74, 6) is -3.56. The Morgan fingerprint density at radius 3 is 2.51 bits per heavy atom. The predicted molar refractivity (Wildman–Crippen MR) is 146 cm³/mol. The van der Waals surface area contributed by atoms with Crippen molar-refractivity contribution in [3.63, 3.8) is 0 Å². The summed E-state index contributed by atoms with van der Waals surface area (Å²) in [5, 5.41) is 2.15. The number of nitrogens with one attached hydrogen (secondary N) is 2. The van der Waals surface area contributed by atoms with Crippen molar-refractivity contribution in [3.8, 4) is 11.5 Å². The molecule has 4 amide bonds. The Bertz CT molecular complexity index is 1270. The average molecular weight is 593 g/mol. The van der Waals surface area contributed by atoms with Crippen LogP contribution < -0.4 is 14.8 Å². The van der Waals surface area contributed by atoms with Gasteiger partial charge in [-0.25, -0.2) is 13.6 Å². The van der Waals surface area contributed by atoms with E-state index >= 15 is 8.78 Å². The van der Waals surface area contributed by atoms with E-state index in [0.29, 0.717) is 31.8 Å². The Balaban J connectivity index is 1.62. The van der Waals surface area contributed by atoms with Crippen LogP contribution in [0.1, 0.15) is 57.3 Å². The van der Waals surface area contributed by atoms with Crippen LogP contribution in [0.5, 0.6) is 11.5 Å². The van der Waals surface area contributed by atoms with E-state index in [0.717, 1.165) is 16.7 Å². The Morgan fingerprint density at radius 2 is 1.88 bits per heavy atom. The monoisotopic (exact) mass is 592 g/mol. The zero-order valence-electron chi connectivity index (χ0n) is 23.3. The van der Waals surface area contributed by atoms with Crippen molar-refractivity contribution in [1.29, 1.82) is 0 Å². The number of rotatable bonds is 9. The van der Waals surface area contributed by atoms with Crippen LogP contribution in [0.15, 0.2) is 36.5 Å². The summed E-state index contributed by atoms with van der Waals surface area (Å²) in [7, 11) is 0. The molecule has 4 unspecified atom stereocenters. The number of hydrogen-bond donors (Lipinski definition) is 2. The second-order valence-corrected chi connectivity index (χ2v) is 13.0. The minimum absolute atomic E-state index is 0.176. The number of urea groups is 1. The number of amides is 4. The van der Waals surface area contributed by atoms with Crippen molar-refractivity contribution >= 4 is 29.2 Å². The zero-order valence-corrected chi connectivity index (χ0v) is 24.1. The molecule has 10 nitrogen and oxygen atoms in total. The second kappa shape index (κ2) is 12.8. The zero-order chi connectivity index (χ0) is 29.9. The molecule has 2 aromatic rings. The molecule has 0 aliphatic carbocycles. The molecule has 4 rings (SSSR count). The number of nitrogens with zero attached hydrogens (tertiary/aromatic N) is 2. The molecule has 13 heteroatoms. The maximum atomic E-state index is 16.2. The number of halogens is 2. The highest BCUT2D eigenvalue weighted by Gasteiger charge is 2.46. The Morgan fingerprint density at radius 1 is 1.20 bits per heavy atom. The lowest BCUT2D eigenvalue weighted by atomic mass is 9.91. The number of hydrogen-bond acceptors (Lipinski definition) is 8. The highest BCUT2D eigenvalue weighted by molar-refractivity contribution is 7.90. The topological polar surface area (TPSA) is 133 Å². The number of carbonyl (C=O) groups is 3. The lowest BCUT2D eigenvalue weighted by molar-refractivity contribution is -0.146. The maximum absolute atomic E-state index is 16.2. The summed E-state index contributed by atoms with van der Waals surface area (Å²) in [4.78, 5) is 43.7. The molecule has 41 heavy (non-hydrogen) atoms. The van der Waals surface area contributed by atoms with Gasteiger partial charge in [-0.3, -0.25) is 24.8 Å². The molecule has 0 saturated carbocycles. The molecule has 0 bridgehead atoms. The molecule has 2 N–H and O–H groups in total. The second-order valence-electron chi connectivity index (χ2n) is 11.0. The first-order valence-corrected chi connectivity index (χ1v) is 14.5. The maximum Gasteiger partial charge on any atom is 0.331 e. The molecule has 2 saturated heterocycles. The van der Waals surface area contributed by atoms with Gasteiger partial charge in [0.15, 0.2) is 0 Å². The van der Waals surface area contributed by atoms with E-state index in [2.05, 4.69) is 15.0 Å². The first-order valence-electron chi connectivity index (χ1n) is 13.3. The van der Waals surface area contributed by atoms with E-state index in [1.54, 1.807) is 32.9 Å². The van der Waals surface area contributed by atoms with Crippen LogP contribution in [0.3, 0.4) is 0 Å². The fraction of sp³-hybridized carbons (Fsp3) is 0.500. The molecule has 3 heterocycles. The molecule has 2 fully saturated rings. The van der Waals surface area contributed by atoms with E-state index in [9.17, 15) is 18.9 Å². The minimum Gasteiger partial charge on any atom is -0.598 e. The van der Waals surface area contributed by atoms with Crippen LogP contribution in [-0.2, 0) is 25.7 Å². The van der Waals surface area contributed by atoms with Crippen molar-refractivity contribution in [2.24, 2.45) is 5.92 Å². The van der Waals surface area contributed by atoms with Crippen LogP contribution in [0.2, 0.25) is 0 Å². The number of imide groups is 2. The standard InChI is InChI=1S/C28H34F2N4O6S/c1-16-5-6-19(15-31-16)40-18-7-8-22(29)20(13-18)24(33-41(38)28(2,3)4)23(30)14-21-25(35)32-27(37)34(26(21)36)17-9-11-39-12-10-17/h5-8,13,15,17,21,23-24,33H,9-12,14H2,1-4H3,(H,32,35,37). The van der Waals surface area contributed by atoms with Crippen LogP contribution in [0.4, 0.5) is 13.6 Å². The smallest absolute Gasteiger partial charge is 0.331 e. The summed E-state index contributed by atoms with van der Waals surface area (Å²) < 4.78 is 57.4. The quantitative estimate of drug-likeness (QED) is 0.330. The summed E-state index contributed by atoms with van der Waals surface area (Å²) in [6, 6.07) is 4.26. The SMILES string of the molecule is Cc1ccc(Oc2ccc(F)c(C(N[S+]([O-])C(C)(C)C)C(F)CC3C(=O)NC(=O)N(C4CCOCC4)C3=O)c2)cn1. The van der Waals surface area contributed by atoms with Crippen molar-refractivity contribution in [1.82, 2.24) is 19.9 Å². The molecule has 0 radical (unpaired) electrons. The van der Waals surface area contributed by atoms with E-state index in [4.69, 9.17) is 9.47 Å². The van der Waals surface area contributed by atoms with E-state index in [1.807, 2.05) is 6.92 Å².